The van der Waals surface area contributed by atoms with E-state index in [1.807, 2.05) is 0 Å². The summed E-state index contributed by atoms with van der Waals surface area (Å²) in [6, 6.07) is 1.17. The topological polar surface area (TPSA) is 112 Å². The highest BCUT2D eigenvalue weighted by Gasteiger charge is 2.24. The molecule has 0 unspecified atom stereocenters. The van der Waals surface area contributed by atoms with E-state index in [2.05, 4.69) is 4.98 Å². The lowest BCUT2D eigenvalue weighted by Crippen LogP contribution is -2.34. The molecule has 0 radical (unpaired) electrons. The van der Waals surface area contributed by atoms with Crippen molar-refractivity contribution >= 4 is 23.8 Å². The number of pyridine rings is 1. The van der Waals surface area contributed by atoms with Crippen molar-refractivity contribution in [2.45, 2.75) is 13.8 Å². The second kappa shape index (κ2) is 8.47. The second-order valence-corrected chi connectivity index (χ2v) is 4.03. The van der Waals surface area contributed by atoms with Crippen LogP contribution in [0.1, 0.15) is 13.8 Å². The highest BCUT2D eigenvalue weighted by molar-refractivity contribution is 6.15. The van der Waals surface area contributed by atoms with E-state index >= 15 is 0 Å². The smallest absolute Gasteiger partial charge is 0.347 e. The molecule has 23 heavy (non-hydrogen) atoms. The molecule has 2 N–H and O–H groups in total. The van der Waals surface area contributed by atoms with Crippen LogP contribution in [-0.2, 0) is 19.1 Å². The summed E-state index contributed by atoms with van der Waals surface area (Å²) in [5, 5.41) is 0. The zero-order valence-corrected chi connectivity index (χ0v) is 12.6. The Morgan fingerprint density at radius 1 is 1.22 bits per heavy atom. The van der Waals surface area contributed by atoms with Gasteiger partial charge in [0, 0.05) is 6.20 Å². The summed E-state index contributed by atoms with van der Waals surface area (Å²) in [7, 11) is 0. The van der Waals surface area contributed by atoms with Crippen LogP contribution >= 0.6 is 0 Å². The van der Waals surface area contributed by atoms with E-state index in [0.29, 0.717) is 4.90 Å². The van der Waals surface area contributed by atoms with Crippen LogP contribution in [0.3, 0.4) is 0 Å². The highest BCUT2D eigenvalue weighted by atomic mass is 19.1. The number of nitrogens with zero attached hydrogens (tertiary/aromatic N) is 2. The number of aromatic nitrogens is 1. The lowest BCUT2D eigenvalue weighted by atomic mass is 10.3. The summed E-state index contributed by atoms with van der Waals surface area (Å²) < 4.78 is 22.4. The van der Waals surface area contributed by atoms with Crippen molar-refractivity contribution < 1.29 is 28.2 Å². The molecule has 0 aromatic carbocycles. The lowest BCUT2D eigenvalue weighted by molar-refractivity contribution is -0.146. The molecule has 1 heterocycles. The number of hydrogen-bond acceptors (Lipinski definition) is 6. The number of carbonyl (C=O) groups excluding carboxylic acids is 3. The first-order valence-corrected chi connectivity index (χ1v) is 6.67. The minimum absolute atomic E-state index is 0.0148. The van der Waals surface area contributed by atoms with E-state index in [-0.39, 0.29) is 19.0 Å². The molecule has 0 atom stereocenters. The predicted molar refractivity (Wildman–Crippen MR) is 77.6 cm³/mol. The van der Waals surface area contributed by atoms with Gasteiger partial charge in [0.2, 0.25) is 0 Å². The maximum Gasteiger partial charge on any atom is 0.347 e. The summed E-state index contributed by atoms with van der Waals surface area (Å²) in [6.07, 6.45) is 1.70. The quantitative estimate of drug-likeness (QED) is 0.363. The van der Waals surface area contributed by atoms with Gasteiger partial charge in [-0.25, -0.2) is 23.8 Å². The van der Waals surface area contributed by atoms with Crippen LogP contribution in [0.25, 0.3) is 0 Å². The van der Waals surface area contributed by atoms with Gasteiger partial charge < -0.3 is 15.2 Å². The Morgan fingerprint density at radius 3 is 2.17 bits per heavy atom. The molecular weight excluding hydrogens is 309 g/mol. The van der Waals surface area contributed by atoms with Gasteiger partial charge in [-0.05, 0) is 26.0 Å². The summed E-state index contributed by atoms with van der Waals surface area (Å²) in [4.78, 5) is 39.6. The maximum atomic E-state index is 12.9. The first-order valence-electron chi connectivity index (χ1n) is 6.67. The van der Waals surface area contributed by atoms with E-state index in [9.17, 15) is 18.8 Å². The number of nitrogens with two attached hydrogens (primary N) is 1. The highest BCUT2D eigenvalue weighted by Crippen LogP contribution is 2.14. The zero-order valence-electron chi connectivity index (χ0n) is 12.6. The average molecular weight is 325 g/mol. The molecule has 2 amide bonds. The summed E-state index contributed by atoms with van der Waals surface area (Å²) in [5.41, 5.74) is 4.66. The third kappa shape index (κ3) is 5.06. The van der Waals surface area contributed by atoms with Crippen LogP contribution in [0.5, 0.6) is 0 Å². The normalized spacial score (nSPS) is 9.70. The van der Waals surface area contributed by atoms with Crippen LogP contribution in [0.2, 0.25) is 0 Å². The first-order chi connectivity index (χ1) is 10.9. The fraction of sp³-hybridized carbons (Fsp3) is 0.286. The van der Waals surface area contributed by atoms with Gasteiger partial charge in [-0.1, -0.05) is 0 Å². The first kappa shape index (κ1) is 18.1. The van der Waals surface area contributed by atoms with Gasteiger partial charge in [0.1, 0.15) is 11.6 Å². The van der Waals surface area contributed by atoms with Gasteiger partial charge in [-0.2, -0.15) is 0 Å². The van der Waals surface area contributed by atoms with Crippen molar-refractivity contribution in [3.63, 3.8) is 0 Å². The van der Waals surface area contributed by atoms with Crippen LogP contribution in [0.4, 0.5) is 15.0 Å². The number of halogens is 1. The largest absolute Gasteiger partial charge is 0.462 e. The number of rotatable bonds is 6. The third-order valence-corrected chi connectivity index (χ3v) is 2.44. The van der Waals surface area contributed by atoms with Gasteiger partial charge in [0.15, 0.2) is 5.57 Å². The fourth-order valence-corrected chi connectivity index (χ4v) is 1.49. The number of esters is 2. The summed E-state index contributed by atoms with van der Waals surface area (Å²) in [6.45, 7) is 3.13. The van der Waals surface area contributed by atoms with Crippen LogP contribution in [-0.4, -0.2) is 36.2 Å². The molecule has 0 aliphatic rings. The Hall–Kier alpha value is -2.97. The molecule has 0 aliphatic carbocycles. The molecule has 1 aromatic heterocycles. The maximum absolute atomic E-state index is 12.9. The van der Waals surface area contributed by atoms with Gasteiger partial charge in [0.05, 0.1) is 19.4 Å². The van der Waals surface area contributed by atoms with Gasteiger partial charge in [-0.3, -0.25) is 4.90 Å². The Balaban J connectivity index is 3.26. The molecule has 1 rings (SSSR count). The fourth-order valence-electron chi connectivity index (χ4n) is 1.49. The van der Waals surface area contributed by atoms with Crippen LogP contribution < -0.4 is 10.6 Å². The molecular formula is C14H16FN3O5. The van der Waals surface area contributed by atoms with Gasteiger partial charge >= 0.3 is 18.0 Å². The molecule has 9 heteroatoms. The molecule has 0 saturated heterocycles. The van der Waals surface area contributed by atoms with E-state index in [1.165, 1.54) is 0 Å². The van der Waals surface area contributed by atoms with Crippen LogP contribution in [0, 0.1) is 5.82 Å². The minimum Gasteiger partial charge on any atom is -0.462 e. The number of hydrogen-bond donors (Lipinski definition) is 1. The Labute approximate surface area is 131 Å². The molecule has 124 valence electrons. The Morgan fingerprint density at radius 2 is 1.78 bits per heavy atom. The van der Waals surface area contributed by atoms with E-state index in [1.54, 1.807) is 13.8 Å². The van der Waals surface area contributed by atoms with Crippen molar-refractivity contribution in [2.24, 2.45) is 5.73 Å². The molecule has 0 spiro atoms. The lowest BCUT2D eigenvalue weighted by Gasteiger charge is -2.16. The predicted octanol–water partition coefficient (Wildman–Crippen LogP) is 1.12. The summed E-state index contributed by atoms with van der Waals surface area (Å²) in [5.74, 6) is -2.68. The SMILES string of the molecule is CCOC(=O)C(=CN(C(N)=O)c1ccc(F)cn1)C(=O)OCC. The minimum atomic E-state index is -1.03. The molecule has 8 nitrogen and oxygen atoms in total. The zero-order chi connectivity index (χ0) is 17.4. The number of ether oxygens (including phenoxy) is 2. The standard InChI is InChI=1S/C14H16FN3O5/c1-3-22-12(19)10(13(20)23-4-2)8-18(14(16)21)11-6-5-9(15)7-17-11/h5-8H,3-4H2,1-2H3,(H2,16,21). The second-order valence-electron chi connectivity index (χ2n) is 4.03. The average Bonchev–Trinajstić information content (AvgIpc) is 2.49. The van der Waals surface area contributed by atoms with Gasteiger partial charge in [-0.15, -0.1) is 0 Å². The summed E-state index contributed by atoms with van der Waals surface area (Å²) >= 11 is 0. The number of anilines is 1. The van der Waals surface area contributed by atoms with Crippen LogP contribution in [0.15, 0.2) is 30.1 Å². The van der Waals surface area contributed by atoms with Gasteiger partial charge in [0.25, 0.3) is 0 Å². The van der Waals surface area contributed by atoms with Crippen molar-refractivity contribution in [3.8, 4) is 0 Å². The molecule has 0 fully saturated rings. The third-order valence-electron chi connectivity index (χ3n) is 2.44. The number of amides is 2. The van der Waals surface area contributed by atoms with E-state index in [4.69, 9.17) is 15.2 Å². The Kier molecular flexibility index (Phi) is 6.66. The van der Waals surface area contributed by atoms with Crippen molar-refractivity contribution in [3.05, 3.63) is 35.9 Å². The van der Waals surface area contributed by atoms with Crippen molar-refractivity contribution in [1.82, 2.24) is 4.98 Å². The monoisotopic (exact) mass is 325 g/mol. The molecule has 0 aliphatic heterocycles. The number of primary amides is 1. The number of urea groups is 1. The van der Waals surface area contributed by atoms with E-state index in [0.717, 1.165) is 24.5 Å². The number of carbonyl (C=O) groups is 3. The molecule has 0 saturated carbocycles. The van der Waals surface area contributed by atoms with Crippen molar-refractivity contribution in [1.29, 1.82) is 0 Å². The van der Waals surface area contributed by atoms with E-state index < -0.39 is 29.4 Å². The molecule has 1 aromatic rings. The Bertz CT molecular complexity index is 595. The van der Waals surface area contributed by atoms with Crippen molar-refractivity contribution in [2.75, 3.05) is 18.1 Å². The molecule has 0 bridgehead atoms.